The quantitative estimate of drug-likeness (QED) is 0.737. The van der Waals surface area contributed by atoms with Crippen molar-refractivity contribution >= 4 is 38.9 Å². The second-order valence-electron chi connectivity index (χ2n) is 4.50. The van der Waals surface area contributed by atoms with Crippen LogP contribution in [0.1, 0.15) is 34.7 Å². The molecule has 1 aromatic carbocycles. The van der Waals surface area contributed by atoms with Crippen LogP contribution in [-0.4, -0.2) is 6.54 Å². The molecule has 102 valence electrons. The summed E-state index contributed by atoms with van der Waals surface area (Å²) in [6.07, 6.45) is 1.11. The Kier molecular flexibility index (Phi) is 5.46. The molecule has 0 aliphatic rings. The molecular formula is C15H17BrClNS. The summed E-state index contributed by atoms with van der Waals surface area (Å²) in [6.45, 7) is 5.30. The van der Waals surface area contributed by atoms with Crippen LogP contribution < -0.4 is 5.32 Å². The summed E-state index contributed by atoms with van der Waals surface area (Å²) in [5.41, 5.74) is 1.20. The number of benzene rings is 1. The van der Waals surface area contributed by atoms with Crippen molar-refractivity contribution < 1.29 is 0 Å². The molecule has 0 aliphatic heterocycles. The van der Waals surface area contributed by atoms with Crippen molar-refractivity contribution in [2.45, 2.75) is 26.3 Å². The van der Waals surface area contributed by atoms with E-state index in [4.69, 9.17) is 11.6 Å². The molecule has 0 saturated heterocycles. The van der Waals surface area contributed by atoms with Crippen LogP contribution in [0.25, 0.3) is 0 Å². The van der Waals surface area contributed by atoms with Gasteiger partial charge in [-0.15, -0.1) is 11.3 Å². The molecule has 2 aromatic rings. The summed E-state index contributed by atoms with van der Waals surface area (Å²) >= 11 is 11.6. The zero-order chi connectivity index (χ0) is 13.8. The zero-order valence-electron chi connectivity index (χ0n) is 11.0. The molecule has 19 heavy (non-hydrogen) atoms. The lowest BCUT2D eigenvalue weighted by Gasteiger charge is -2.19. The summed E-state index contributed by atoms with van der Waals surface area (Å²) in [7, 11) is 0. The van der Waals surface area contributed by atoms with Crippen LogP contribution in [0.3, 0.4) is 0 Å². The van der Waals surface area contributed by atoms with Crippen LogP contribution in [0.2, 0.25) is 5.02 Å². The molecule has 1 atom stereocenters. The van der Waals surface area contributed by atoms with Gasteiger partial charge in [-0.1, -0.05) is 34.5 Å². The Morgan fingerprint density at radius 3 is 2.74 bits per heavy atom. The molecule has 2 rings (SSSR count). The number of hydrogen-bond acceptors (Lipinski definition) is 2. The summed E-state index contributed by atoms with van der Waals surface area (Å²) in [4.78, 5) is 2.66. The van der Waals surface area contributed by atoms with Crippen molar-refractivity contribution in [2.24, 2.45) is 0 Å². The Labute approximate surface area is 132 Å². The van der Waals surface area contributed by atoms with Crippen molar-refractivity contribution in [1.29, 1.82) is 0 Å². The molecule has 0 aliphatic carbocycles. The molecule has 0 saturated carbocycles. The number of rotatable bonds is 5. The highest BCUT2D eigenvalue weighted by Gasteiger charge is 2.18. The highest BCUT2D eigenvalue weighted by Crippen LogP contribution is 2.34. The lowest BCUT2D eigenvalue weighted by Crippen LogP contribution is -2.22. The highest BCUT2D eigenvalue weighted by atomic mass is 79.9. The maximum atomic E-state index is 6.14. The fraction of sp³-hybridized carbons (Fsp3) is 0.333. The van der Waals surface area contributed by atoms with Crippen molar-refractivity contribution in [1.82, 2.24) is 5.32 Å². The van der Waals surface area contributed by atoms with E-state index in [0.29, 0.717) is 0 Å². The molecule has 1 N–H and O–H groups in total. The van der Waals surface area contributed by atoms with Gasteiger partial charge in [-0.3, -0.25) is 0 Å². The Morgan fingerprint density at radius 2 is 2.11 bits per heavy atom. The first-order chi connectivity index (χ1) is 9.11. The summed E-state index contributed by atoms with van der Waals surface area (Å²) < 4.78 is 1.09. The standard InChI is InChI=1S/C15H17BrClNS/c1-3-8-18-15(14-7-4-10(2)19-14)12-9-11(17)5-6-13(12)16/h4-7,9,15,18H,3,8H2,1-2H3. The predicted octanol–water partition coefficient (Wildman–Crippen LogP) is 5.56. The van der Waals surface area contributed by atoms with Gasteiger partial charge in [0.05, 0.1) is 6.04 Å². The normalized spacial score (nSPS) is 12.6. The second kappa shape index (κ2) is 6.89. The molecule has 1 unspecified atom stereocenters. The van der Waals surface area contributed by atoms with E-state index in [9.17, 15) is 0 Å². The monoisotopic (exact) mass is 357 g/mol. The van der Waals surface area contributed by atoms with Crippen molar-refractivity contribution in [3.63, 3.8) is 0 Å². The van der Waals surface area contributed by atoms with Gasteiger partial charge in [0, 0.05) is 19.2 Å². The number of hydrogen-bond donors (Lipinski definition) is 1. The summed E-state index contributed by atoms with van der Waals surface area (Å²) in [5, 5.41) is 4.38. The maximum Gasteiger partial charge on any atom is 0.0682 e. The first kappa shape index (κ1) is 15.0. The molecule has 1 heterocycles. The molecular weight excluding hydrogens is 342 g/mol. The van der Waals surface area contributed by atoms with E-state index in [1.54, 1.807) is 0 Å². The minimum Gasteiger partial charge on any atom is -0.306 e. The fourth-order valence-electron chi connectivity index (χ4n) is 2.00. The molecule has 0 spiro atoms. The summed E-state index contributed by atoms with van der Waals surface area (Å²) in [5.74, 6) is 0. The third-order valence-corrected chi connectivity index (χ3v) is 4.94. The van der Waals surface area contributed by atoms with Gasteiger partial charge < -0.3 is 5.32 Å². The van der Waals surface area contributed by atoms with Crippen LogP contribution in [0.15, 0.2) is 34.8 Å². The van der Waals surface area contributed by atoms with Gasteiger partial charge >= 0.3 is 0 Å². The molecule has 1 aromatic heterocycles. The van der Waals surface area contributed by atoms with Crippen LogP contribution in [0.4, 0.5) is 0 Å². The van der Waals surface area contributed by atoms with E-state index in [2.05, 4.69) is 47.2 Å². The number of thiophene rings is 1. The van der Waals surface area contributed by atoms with Gasteiger partial charge in [0.2, 0.25) is 0 Å². The third-order valence-electron chi connectivity index (χ3n) is 2.91. The van der Waals surface area contributed by atoms with Gasteiger partial charge in [0.1, 0.15) is 0 Å². The van der Waals surface area contributed by atoms with Crippen molar-refractivity contribution in [3.05, 3.63) is 55.1 Å². The largest absolute Gasteiger partial charge is 0.306 e. The Hall–Kier alpha value is -0.350. The number of aryl methyl sites for hydroxylation is 1. The van der Waals surface area contributed by atoms with Crippen molar-refractivity contribution in [2.75, 3.05) is 6.54 Å². The van der Waals surface area contributed by atoms with E-state index in [-0.39, 0.29) is 6.04 Å². The van der Waals surface area contributed by atoms with Crippen LogP contribution in [0, 0.1) is 6.92 Å². The minimum atomic E-state index is 0.201. The van der Waals surface area contributed by atoms with Crippen LogP contribution >= 0.6 is 38.9 Å². The fourth-order valence-corrected chi connectivity index (χ4v) is 3.63. The first-order valence-corrected chi connectivity index (χ1v) is 8.35. The Balaban J connectivity index is 2.39. The van der Waals surface area contributed by atoms with E-state index < -0.39 is 0 Å². The second-order valence-corrected chi connectivity index (χ2v) is 7.11. The topological polar surface area (TPSA) is 12.0 Å². The highest BCUT2D eigenvalue weighted by molar-refractivity contribution is 9.10. The Bertz CT molecular complexity index is 553. The van der Waals surface area contributed by atoms with Crippen LogP contribution in [-0.2, 0) is 0 Å². The number of halogens is 2. The van der Waals surface area contributed by atoms with Gasteiger partial charge in [-0.25, -0.2) is 0 Å². The van der Waals surface area contributed by atoms with Gasteiger partial charge in [-0.2, -0.15) is 0 Å². The zero-order valence-corrected chi connectivity index (χ0v) is 14.2. The van der Waals surface area contributed by atoms with E-state index in [1.807, 2.05) is 29.5 Å². The van der Waals surface area contributed by atoms with Crippen molar-refractivity contribution in [3.8, 4) is 0 Å². The molecule has 0 bridgehead atoms. The summed E-state index contributed by atoms with van der Waals surface area (Å²) in [6, 6.07) is 10.5. The smallest absolute Gasteiger partial charge is 0.0682 e. The third kappa shape index (κ3) is 3.82. The average Bonchev–Trinajstić information content (AvgIpc) is 2.80. The molecule has 0 radical (unpaired) electrons. The van der Waals surface area contributed by atoms with Gasteiger partial charge in [-0.05, 0) is 55.8 Å². The van der Waals surface area contributed by atoms with Gasteiger partial charge in [0.15, 0.2) is 0 Å². The molecule has 1 nitrogen and oxygen atoms in total. The lowest BCUT2D eigenvalue weighted by molar-refractivity contribution is 0.604. The van der Waals surface area contributed by atoms with Gasteiger partial charge in [0.25, 0.3) is 0 Å². The lowest BCUT2D eigenvalue weighted by atomic mass is 10.1. The SMILES string of the molecule is CCCNC(c1ccc(C)s1)c1cc(Cl)ccc1Br. The molecule has 0 fully saturated rings. The minimum absolute atomic E-state index is 0.201. The van der Waals surface area contributed by atoms with E-state index in [1.165, 1.54) is 15.3 Å². The van der Waals surface area contributed by atoms with Crippen LogP contribution in [0.5, 0.6) is 0 Å². The van der Waals surface area contributed by atoms with E-state index >= 15 is 0 Å². The maximum absolute atomic E-state index is 6.14. The first-order valence-electron chi connectivity index (χ1n) is 6.36. The van der Waals surface area contributed by atoms with E-state index in [0.717, 1.165) is 22.5 Å². The molecule has 4 heteroatoms. The average molecular weight is 359 g/mol. The Morgan fingerprint density at radius 1 is 1.32 bits per heavy atom. The number of nitrogens with one attached hydrogen (secondary N) is 1. The molecule has 0 amide bonds. The predicted molar refractivity (Wildman–Crippen MR) is 88.3 cm³/mol.